The molecule has 0 saturated carbocycles. The fourth-order valence-electron chi connectivity index (χ4n) is 14.1. The van der Waals surface area contributed by atoms with Gasteiger partial charge in [-0.1, -0.05) is 208 Å². The zero-order valence-electron chi connectivity index (χ0n) is 52.5. The second-order valence-electron chi connectivity index (χ2n) is 25.1. The Balaban J connectivity index is 1.06. The summed E-state index contributed by atoms with van der Waals surface area (Å²) in [5, 5.41) is 3.74. The van der Waals surface area contributed by atoms with Crippen LogP contribution in [0.4, 0.5) is 13.2 Å². The van der Waals surface area contributed by atoms with E-state index < -0.39 is 11.7 Å². The van der Waals surface area contributed by atoms with Gasteiger partial charge >= 0.3 is 6.18 Å². The summed E-state index contributed by atoms with van der Waals surface area (Å²) in [5.41, 5.74) is 23.2. The molecule has 15 rings (SSSR count). The Bertz CT molecular complexity index is 5120. The molecule has 0 aliphatic heterocycles. The summed E-state index contributed by atoms with van der Waals surface area (Å²) in [4.78, 5) is 15.4. The predicted molar refractivity (Wildman–Crippen MR) is 375 cm³/mol. The highest BCUT2D eigenvalue weighted by Crippen LogP contribution is 2.49. The van der Waals surface area contributed by atoms with Crippen LogP contribution in [0.2, 0.25) is 0 Å². The maximum absolute atomic E-state index is 17.0. The molecular formula is C84H64F3N5. The van der Waals surface area contributed by atoms with E-state index in [1.807, 2.05) is 89.5 Å². The van der Waals surface area contributed by atoms with Crippen LogP contribution in [0.15, 0.2) is 243 Å². The summed E-state index contributed by atoms with van der Waals surface area (Å²) in [6, 6.07) is 81.9. The summed E-state index contributed by atoms with van der Waals surface area (Å²) in [6.45, 7) is 16.9. The summed E-state index contributed by atoms with van der Waals surface area (Å²) >= 11 is 0. The molecule has 0 amide bonds. The quantitative estimate of drug-likeness (QED) is 0.137. The third kappa shape index (κ3) is 10.5. The van der Waals surface area contributed by atoms with E-state index in [0.717, 1.165) is 144 Å². The van der Waals surface area contributed by atoms with Crippen LogP contribution in [-0.2, 0) is 6.18 Å². The zero-order chi connectivity index (χ0) is 63.3. The Labute approximate surface area is 533 Å². The van der Waals surface area contributed by atoms with Crippen molar-refractivity contribution in [3.63, 3.8) is 0 Å². The van der Waals surface area contributed by atoms with Crippen molar-refractivity contribution in [3.05, 3.63) is 293 Å². The van der Waals surface area contributed by atoms with Crippen LogP contribution in [0, 0.1) is 55.4 Å². The lowest BCUT2D eigenvalue weighted by Crippen LogP contribution is -2.11. The van der Waals surface area contributed by atoms with Gasteiger partial charge in [0.2, 0.25) is 0 Å². The number of hydrogen-bond donors (Lipinski definition) is 0. The molecule has 3 aromatic heterocycles. The number of halogens is 3. The number of fused-ring (bicyclic) bond motifs is 6. The van der Waals surface area contributed by atoms with E-state index in [-0.39, 0.29) is 5.56 Å². The Morgan fingerprint density at radius 1 is 0.261 bits per heavy atom. The van der Waals surface area contributed by atoms with Gasteiger partial charge in [-0.15, -0.1) is 0 Å². The van der Waals surface area contributed by atoms with Gasteiger partial charge < -0.3 is 9.13 Å². The van der Waals surface area contributed by atoms with Crippen LogP contribution in [-0.4, -0.2) is 24.1 Å². The van der Waals surface area contributed by atoms with Gasteiger partial charge in [-0.05, 0) is 179 Å². The molecule has 3 heterocycles. The fourth-order valence-corrected chi connectivity index (χ4v) is 14.1. The van der Waals surface area contributed by atoms with Crippen molar-refractivity contribution in [2.75, 3.05) is 0 Å². The zero-order valence-corrected chi connectivity index (χ0v) is 52.5. The van der Waals surface area contributed by atoms with Gasteiger partial charge in [-0.25, -0.2) is 15.0 Å². The Kier molecular flexibility index (Phi) is 14.1. The van der Waals surface area contributed by atoms with Crippen LogP contribution in [0.25, 0.3) is 145 Å². The van der Waals surface area contributed by atoms with Crippen molar-refractivity contribution in [3.8, 4) is 101 Å². The molecule has 0 atom stereocenters. The number of aryl methyl sites for hydroxylation is 8. The lowest BCUT2D eigenvalue weighted by molar-refractivity contribution is -0.137. The third-order valence-electron chi connectivity index (χ3n) is 17.8. The van der Waals surface area contributed by atoms with Crippen molar-refractivity contribution in [2.45, 2.75) is 61.6 Å². The van der Waals surface area contributed by atoms with E-state index in [0.29, 0.717) is 40.0 Å². The van der Waals surface area contributed by atoms with E-state index in [9.17, 15) is 0 Å². The van der Waals surface area contributed by atoms with Crippen molar-refractivity contribution >= 4 is 43.6 Å². The minimum absolute atomic E-state index is 0.00163. The van der Waals surface area contributed by atoms with Gasteiger partial charge in [-0.3, -0.25) is 0 Å². The van der Waals surface area contributed by atoms with Gasteiger partial charge in [-0.2, -0.15) is 13.2 Å². The smallest absolute Gasteiger partial charge is 0.309 e. The molecule has 0 N–H and O–H groups in total. The summed E-state index contributed by atoms with van der Waals surface area (Å²) in [7, 11) is 0. The first-order valence-electron chi connectivity index (χ1n) is 31.2. The van der Waals surface area contributed by atoms with Crippen LogP contribution in [0.1, 0.15) is 50.1 Å². The van der Waals surface area contributed by atoms with E-state index in [4.69, 9.17) is 15.0 Å². The maximum Gasteiger partial charge on any atom is 0.417 e. The SMILES string of the molecule is Cc1cc(C)cc(-c2ccc3c(c2)c2cc(-c4cc(C)cc(C)c4)ccc2n3-c2ccc(-c3nc(-c4ccccc4)nc(-c4ccccc4)n3)cc2-c2c(-n3c4ccc(-c5cc(C)cc(C)c5)cc4c4cc(-c5cc(C)cc(C)c5)ccc43)cccc2C(F)(F)F)c1. The van der Waals surface area contributed by atoms with Crippen molar-refractivity contribution < 1.29 is 13.2 Å². The number of rotatable bonds is 10. The lowest BCUT2D eigenvalue weighted by Gasteiger charge is -2.23. The van der Waals surface area contributed by atoms with Crippen LogP contribution < -0.4 is 0 Å². The van der Waals surface area contributed by atoms with Gasteiger partial charge in [0, 0.05) is 49.4 Å². The molecule has 92 heavy (non-hydrogen) atoms. The predicted octanol–water partition coefficient (Wildman–Crippen LogP) is 22.9. The molecule has 5 nitrogen and oxygen atoms in total. The number of alkyl halides is 3. The van der Waals surface area contributed by atoms with Crippen LogP contribution >= 0.6 is 0 Å². The molecule has 12 aromatic carbocycles. The number of hydrogen-bond acceptors (Lipinski definition) is 3. The average molecular weight is 1200 g/mol. The van der Waals surface area contributed by atoms with Crippen molar-refractivity contribution in [1.82, 2.24) is 24.1 Å². The van der Waals surface area contributed by atoms with E-state index >= 15 is 13.2 Å². The normalized spacial score (nSPS) is 11.9. The molecule has 0 aliphatic carbocycles. The molecule has 0 bridgehead atoms. The third-order valence-corrected chi connectivity index (χ3v) is 17.8. The fraction of sp³-hybridized carbons (Fsp3) is 0.107. The van der Waals surface area contributed by atoms with Crippen molar-refractivity contribution in [2.24, 2.45) is 0 Å². The molecule has 0 aliphatic rings. The van der Waals surface area contributed by atoms with E-state index in [1.54, 1.807) is 6.07 Å². The molecule has 0 spiro atoms. The molecule has 0 unspecified atom stereocenters. The van der Waals surface area contributed by atoms with Gasteiger partial charge in [0.05, 0.1) is 39.0 Å². The van der Waals surface area contributed by atoms with Gasteiger partial charge in [0.1, 0.15) is 0 Å². The minimum Gasteiger partial charge on any atom is -0.309 e. The Morgan fingerprint density at radius 3 is 0.913 bits per heavy atom. The average Bonchev–Trinajstić information content (AvgIpc) is 1.52. The maximum atomic E-state index is 17.0. The molecule has 0 fully saturated rings. The first kappa shape index (κ1) is 57.5. The van der Waals surface area contributed by atoms with E-state index in [1.165, 1.54) is 6.07 Å². The number of benzene rings is 12. The number of aromatic nitrogens is 5. The largest absolute Gasteiger partial charge is 0.417 e. The molecule has 0 saturated heterocycles. The number of nitrogens with zero attached hydrogens (tertiary/aromatic N) is 5. The summed E-state index contributed by atoms with van der Waals surface area (Å²) < 4.78 is 55.1. The topological polar surface area (TPSA) is 48.5 Å². The van der Waals surface area contributed by atoms with Gasteiger partial charge in [0.15, 0.2) is 17.5 Å². The second kappa shape index (κ2) is 22.5. The first-order valence-corrected chi connectivity index (χ1v) is 31.2. The molecule has 8 heteroatoms. The Hall–Kier alpha value is -11.0. The Morgan fingerprint density at radius 2 is 0.576 bits per heavy atom. The molecule has 0 radical (unpaired) electrons. The molecule has 446 valence electrons. The van der Waals surface area contributed by atoms with Gasteiger partial charge in [0.25, 0.3) is 0 Å². The monoisotopic (exact) mass is 1200 g/mol. The van der Waals surface area contributed by atoms with Crippen LogP contribution in [0.3, 0.4) is 0 Å². The second-order valence-corrected chi connectivity index (χ2v) is 25.1. The van der Waals surface area contributed by atoms with Crippen molar-refractivity contribution in [1.29, 1.82) is 0 Å². The lowest BCUT2D eigenvalue weighted by atomic mass is 9.93. The highest BCUT2D eigenvalue weighted by molar-refractivity contribution is 6.14. The molecule has 15 aromatic rings. The first-order chi connectivity index (χ1) is 44.4. The standard InChI is InChI=1S/C84H64F3N5/c1-49-32-50(2)37-64(36-49)59-22-27-74-68(44-59)69-45-60(65-38-51(3)33-52(4)39-65)23-28-75(69)91(74)78-31-26-63(83-89-81(57-16-11-9-12-17-57)88-82(90-83)58-18-13-10-14-19-58)48-72(78)80-73(84(85,86)87)20-15-21-79(80)92-76-29-24-61(66-40-53(5)34-54(6)41-66)46-70(76)71-47-62(25-30-77(71)92)67-42-55(7)35-56(8)43-67/h9-48H,1-8H3. The summed E-state index contributed by atoms with van der Waals surface area (Å²) in [6.07, 6.45) is -4.83. The minimum atomic E-state index is -4.83. The highest BCUT2D eigenvalue weighted by Gasteiger charge is 2.37. The molecular weight excluding hydrogens is 1140 g/mol. The van der Waals surface area contributed by atoms with E-state index in [2.05, 4.69) is 206 Å². The highest BCUT2D eigenvalue weighted by atomic mass is 19.4. The van der Waals surface area contributed by atoms with Crippen LogP contribution in [0.5, 0.6) is 0 Å². The summed E-state index contributed by atoms with van der Waals surface area (Å²) in [5.74, 6) is 1.18.